The third-order valence-electron chi connectivity index (χ3n) is 2.67. The molecule has 8 heavy (non-hydrogen) atoms. The maximum absolute atomic E-state index is 2.47. The van der Waals surface area contributed by atoms with E-state index in [-0.39, 0.29) is 0 Å². The highest BCUT2D eigenvalue weighted by molar-refractivity contribution is 7.97. The van der Waals surface area contributed by atoms with Crippen LogP contribution in [0.25, 0.3) is 0 Å². The molecule has 2 bridgehead atoms. The van der Waals surface area contributed by atoms with E-state index in [9.17, 15) is 0 Å². The maximum Gasteiger partial charge on any atom is 0.118 e. The fourth-order valence-electron chi connectivity index (χ4n) is 2.05. The fourth-order valence-corrected chi connectivity index (χ4v) is 4.62. The van der Waals surface area contributed by atoms with Crippen LogP contribution in [-0.2, 0) is 10.9 Å². The maximum atomic E-state index is 2.47. The van der Waals surface area contributed by atoms with Crippen molar-refractivity contribution in [2.75, 3.05) is 6.26 Å². The lowest BCUT2D eigenvalue weighted by molar-refractivity contribution is 0.576. The van der Waals surface area contributed by atoms with Crippen molar-refractivity contribution in [1.82, 2.24) is 0 Å². The van der Waals surface area contributed by atoms with Crippen molar-refractivity contribution < 1.29 is 0 Å². The van der Waals surface area contributed by atoms with E-state index in [1.807, 2.05) is 0 Å². The minimum atomic E-state index is 0.849. The normalized spacial score (nSPS) is 52.9. The first-order chi connectivity index (χ1) is 3.88. The predicted molar refractivity (Wildman–Crippen MR) is 39.3 cm³/mol. The first kappa shape index (κ1) is 5.16. The molecule has 1 heteroatoms. The lowest BCUT2D eigenvalue weighted by Crippen LogP contribution is -2.10. The Bertz CT molecular complexity index is 80.6. The van der Waals surface area contributed by atoms with Crippen molar-refractivity contribution in [3.05, 3.63) is 0 Å². The molecule has 0 radical (unpaired) electrons. The van der Waals surface area contributed by atoms with Gasteiger partial charge in [0, 0.05) is 0 Å². The Morgan fingerprint density at radius 1 is 1.00 bits per heavy atom. The Balaban J connectivity index is 2.16. The van der Waals surface area contributed by atoms with E-state index in [1.165, 1.54) is 10.5 Å². The van der Waals surface area contributed by atoms with Gasteiger partial charge >= 0.3 is 0 Å². The summed E-state index contributed by atoms with van der Waals surface area (Å²) in [5, 5.41) is 2.33. The number of fused-ring (bicyclic) bond motifs is 2. The molecule has 0 spiro atoms. The summed E-state index contributed by atoms with van der Waals surface area (Å²) in [5.41, 5.74) is 0. The van der Waals surface area contributed by atoms with Gasteiger partial charge in [-0.25, -0.2) is 0 Å². The van der Waals surface area contributed by atoms with Crippen LogP contribution in [0.15, 0.2) is 0 Å². The Labute approximate surface area is 54.0 Å². The van der Waals surface area contributed by atoms with Gasteiger partial charge in [-0.15, -0.1) is 0 Å². The predicted octanol–water partition coefficient (Wildman–Crippen LogP) is 1.56. The van der Waals surface area contributed by atoms with Crippen LogP contribution in [0, 0.1) is 0 Å². The molecule has 2 rings (SSSR count). The fraction of sp³-hybridized carbons (Fsp3) is 1.00. The van der Waals surface area contributed by atoms with E-state index in [1.54, 1.807) is 25.7 Å². The summed E-state index contributed by atoms with van der Waals surface area (Å²) in [5.74, 6) is 0. The van der Waals surface area contributed by atoms with Crippen molar-refractivity contribution in [2.24, 2.45) is 0 Å². The van der Waals surface area contributed by atoms with Gasteiger partial charge in [-0.1, -0.05) is 0 Å². The van der Waals surface area contributed by atoms with Gasteiger partial charge in [0.15, 0.2) is 0 Å². The zero-order valence-electron chi connectivity index (χ0n) is 5.39. The van der Waals surface area contributed by atoms with Crippen LogP contribution in [0.4, 0.5) is 0 Å². The average molecular weight is 129 g/mol. The molecule has 0 saturated carbocycles. The highest BCUT2D eigenvalue weighted by Gasteiger charge is 2.47. The van der Waals surface area contributed by atoms with E-state index in [4.69, 9.17) is 0 Å². The Morgan fingerprint density at radius 2 is 1.38 bits per heavy atom. The SMILES string of the molecule is C[S+]1C2CCC1CC2. The Hall–Kier alpha value is 0.350. The Morgan fingerprint density at radius 3 is 1.50 bits per heavy atom. The second-order valence-corrected chi connectivity index (χ2v) is 5.55. The molecule has 0 amide bonds. The third kappa shape index (κ3) is 0.540. The highest BCUT2D eigenvalue weighted by Crippen LogP contribution is 2.40. The number of rotatable bonds is 0. The molecule has 0 N–H and O–H groups in total. The molecule has 2 saturated heterocycles. The van der Waals surface area contributed by atoms with Crippen LogP contribution >= 0.6 is 0 Å². The molecular formula is C7H13S+. The van der Waals surface area contributed by atoms with Crippen LogP contribution < -0.4 is 0 Å². The van der Waals surface area contributed by atoms with E-state index in [0.29, 0.717) is 0 Å². The number of hydrogen-bond acceptors (Lipinski definition) is 0. The molecular weight excluding hydrogens is 116 g/mol. The molecule has 0 aliphatic carbocycles. The second-order valence-electron chi connectivity index (χ2n) is 3.01. The molecule has 2 aliphatic heterocycles. The summed E-state index contributed by atoms with van der Waals surface area (Å²) in [6, 6.07) is 0. The summed E-state index contributed by atoms with van der Waals surface area (Å²) in [6.07, 6.45) is 8.71. The minimum Gasteiger partial charge on any atom is -0.00986 e. The zero-order valence-corrected chi connectivity index (χ0v) is 6.21. The molecule has 0 unspecified atom stereocenters. The van der Waals surface area contributed by atoms with Crippen LogP contribution in [-0.4, -0.2) is 16.8 Å². The highest BCUT2D eigenvalue weighted by atomic mass is 32.2. The van der Waals surface area contributed by atoms with Crippen molar-refractivity contribution in [3.8, 4) is 0 Å². The average Bonchev–Trinajstić information content (AvgIpc) is 2.29. The quantitative estimate of drug-likeness (QED) is 0.435. The van der Waals surface area contributed by atoms with Crippen molar-refractivity contribution in [2.45, 2.75) is 36.2 Å². The van der Waals surface area contributed by atoms with Gasteiger partial charge in [-0.2, -0.15) is 0 Å². The van der Waals surface area contributed by atoms with Gasteiger partial charge in [0.05, 0.1) is 6.26 Å². The summed E-state index contributed by atoms with van der Waals surface area (Å²) in [6.45, 7) is 0. The van der Waals surface area contributed by atoms with Crippen LogP contribution in [0.2, 0.25) is 0 Å². The largest absolute Gasteiger partial charge is 0.118 e. The molecule has 2 aliphatic rings. The van der Waals surface area contributed by atoms with E-state index in [0.717, 1.165) is 10.9 Å². The van der Waals surface area contributed by atoms with E-state index in [2.05, 4.69) is 6.26 Å². The monoisotopic (exact) mass is 129 g/mol. The lowest BCUT2D eigenvalue weighted by Gasteiger charge is -1.96. The molecule has 0 atom stereocenters. The van der Waals surface area contributed by atoms with Crippen molar-refractivity contribution >= 4 is 10.9 Å². The molecule has 2 heterocycles. The van der Waals surface area contributed by atoms with Gasteiger partial charge in [0.2, 0.25) is 0 Å². The second kappa shape index (κ2) is 1.66. The van der Waals surface area contributed by atoms with Crippen molar-refractivity contribution in [1.29, 1.82) is 0 Å². The van der Waals surface area contributed by atoms with Gasteiger partial charge in [-0.3, -0.25) is 0 Å². The van der Waals surface area contributed by atoms with E-state index < -0.39 is 0 Å². The molecule has 0 aromatic heterocycles. The zero-order chi connectivity index (χ0) is 5.56. The topological polar surface area (TPSA) is 0 Å². The first-order valence-corrected chi connectivity index (χ1v) is 5.27. The number of hydrogen-bond donors (Lipinski definition) is 0. The lowest BCUT2D eigenvalue weighted by atomic mass is 10.0. The third-order valence-corrected chi connectivity index (χ3v) is 5.72. The van der Waals surface area contributed by atoms with Crippen molar-refractivity contribution in [3.63, 3.8) is 0 Å². The smallest absolute Gasteiger partial charge is 0.00986 e. The molecule has 46 valence electrons. The standard InChI is InChI=1S/C7H13S/c1-8-6-2-3-7(8)5-4-6/h6-7H,2-5H2,1H3/q+1. The Kier molecular flexibility index (Phi) is 1.07. The van der Waals surface area contributed by atoms with Crippen LogP contribution in [0.3, 0.4) is 0 Å². The first-order valence-electron chi connectivity index (χ1n) is 3.51. The molecule has 0 aromatic rings. The van der Waals surface area contributed by atoms with E-state index >= 15 is 0 Å². The van der Waals surface area contributed by atoms with Gasteiger partial charge in [-0.05, 0) is 36.6 Å². The van der Waals surface area contributed by atoms with Crippen LogP contribution in [0.1, 0.15) is 25.7 Å². The minimum absolute atomic E-state index is 0.849. The molecule has 0 aromatic carbocycles. The molecule has 2 fully saturated rings. The summed E-state index contributed by atoms with van der Waals surface area (Å²) in [7, 11) is 0.849. The van der Waals surface area contributed by atoms with Gasteiger partial charge in [0.25, 0.3) is 0 Å². The van der Waals surface area contributed by atoms with Gasteiger partial charge < -0.3 is 0 Å². The van der Waals surface area contributed by atoms with Gasteiger partial charge in [0.1, 0.15) is 10.5 Å². The summed E-state index contributed by atoms with van der Waals surface area (Å²) >= 11 is 0. The summed E-state index contributed by atoms with van der Waals surface area (Å²) in [4.78, 5) is 0. The summed E-state index contributed by atoms with van der Waals surface area (Å²) < 4.78 is 0. The molecule has 0 nitrogen and oxygen atoms in total. The van der Waals surface area contributed by atoms with Crippen LogP contribution in [0.5, 0.6) is 0 Å².